The molecule has 0 atom stereocenters. The van der Waals surface area contributed by atoms with Crippen LogP contribution in [0.4, 0.5) is 0 Å². The number of rotatable bonds is 2. The minimum absolute atomic E-state index is 0.397. The van der Waals surface area contributed by atoms with Gasteiger partial charge in [0.05, 0.1) is 17.4 Å². The van der Waals surface area contributed by atoms with Gasteiger partial charge in [-0.3, -0.25) is 10.1 Å². The molecule has 0 saturated carbocycles. The SMILES string of the molecule is Cc1cc2c(cn1)cc(-c1cn[nH]c1)n2C(C)C. The van der Waals surface area contributed by atoms with Crippen LogP contribution in [-0.4, -0.2) is 19.7 Å². The Kier molecular flexibility index (Phi) is 2.44. The van der Waals surface area contributed by atoms with Gasteiger partial charge in [0.25, 0.3) is 0 Å². The molecule has 0 saturated heterocycles. The van der Waals surface area contributed by atoms with Crippen LogP contribution in [0.2, 0.25) is 0 Å². The van der Waals surface area contributed by atoms with Crippen molar-refractivity contribution in [2.75, 3.05) is 0 Å². The number of nitrogens with zero attached hydrogens (tertiary/aromatic N) is 3. The van der Waals surface area contributed by atoms with Gasteiger partial charge in [-0.05, 0) is 32.9 Å². The lowest BCUT2D eigenvalue weighted by Gasteiger charge is -2.13. The summed E-state index contributed by atoms with van der Waals surface area (Å²) in [6.45, 7) is 6.41. The molecule has 0 aliphatic heterocycles. The number of fused-ring (bicyclic) bond motifs is 1. The molecular formula is C14H16N4. The zero-order valence-corrected chi connectivity index (χ0v) is 10.8. The maximum absolute atomic E-state index is 4.37. The van der Waals surface area contributed by atoms with Crippen molar-refractivity contribution in [1.82, 2.24) is 19.7 Å². The van der Waals surface area contributed by atoms with Gasteiger partial charge in [0, 0.05) is 35.1 Å². The van der Waals surface area contributed by atoms with Crippen LogP contribution in [0.25, 0.3) is 22.2 Å². The Labute approximate surface area is 106 Å². The third kappa shape index (κ3) is 1.61. The summed E-state index contributed by atoms with van der Waals surface area (Å²) in [6, 6.07) is 4.71. The number of aromatic nitrogens is 4. The fourth-order valence-corrected chi connectivity index (χ4v) is 2.39. The van der Waals surface area contributed by atoms with Crippen molar-refractivity contribution < 1.29 is 0 Å². The Morgan fingerprint density at radius 3 is 2.72 bits per heavy atom. The largest absolute Gasteiger partial charge is 0.338 e. The summed E-state index contributed by atoms with van der Waals surface area (Å²) in [5.41, 5.74) is 4.56. The van der Waals surface area contributed by atoms with Crippen molar-refractivity contribution in [2.24, 2.45) is 0 Å². The van der Waals surface area contributed by atoms with E-state index in [2.05, 4.69) is 45.7 Å². The van der Waals surface area contributed by atoms with Crippen molar-refractivity contribution >= 4 is 10.9 Å². The summed E-state index contributed by atoms with van der Waals surface area (Å²) in [5.74, 6) is 0. The van der Waals surface area contributed by atoms with Crippen molar-refractivity contribution in [2.45, 2.75) is 26.8 Å². The first-order valence-corrected chi connectivity index (χ1v) is 6.13. The Bertz CT molecular complexity index is 677. The predicted molar refractivity (Wildman–Crippen MR) is 72.4 cm³/mol. The topological polar surface area (TPSA) is 46.5 Å². The molecule has 0 aliphatic carbocycles. The summed E-state index contributed by atoms with van der Waals surface area (Å²) in [7, 11) is 0. The van der Waals surface area contributed by atoms with Crippen LogP contribution in [-0.2, 0) is 0 Å². The standard InChI is InChI=1S/C14H16N4/c1-9(2)18-13-4-10(3)15-6-11(13)5-14(18)12-7-16-17-8-12/h4-9H,1-3H3,(H,16,17). The minimum atomic E-state index is 0.397. The van der Waals surface area contributed by atoms with Crippen LogP contribution in [0.3, 0.4) is 0 Å². The zero-order valence-electron chi connectivity index (χ0n) is 10.8. The van der Waals surface area contributed by atoms with E-state index in [0.29, 0.717) is 6.04 Å². The quantitative estimate of drug-likeness (QED) is 0.747. The Morgan fingerprint density at radius 2 is 2.06 bits per heavy atom. The van der Waals surface area contributed by atoms with Gasteiger partial charge in [0.2, 0.25) is 0 Å². The summed E-state index contributed by atoms with van der Waals surface area (Å²) >= 11 is 0. The molecule has 4 nitrogen and oxygen atoms in total. The fraction of sp³-hybridized carbons (Fsp3) is 0.286. The van der Waals surface area contributed by atoms with Gasteiger partial charge in [-0.25, -0.2) is 0 Å². The van der Waals surface area contributed by atoms with Gasteiger partial charge in [0.1, 0.15) is 0 Å². The highest BCUT2D eigenvalue weighted by atomic mass is 15.1. The third-order valence-corrected chi connectivity index (χ3v) is 3.17. The van der Waals surface area contributed by atoms with Crippen LogP contribution in [0, 0.1) is 6.92 Å². The predicted octanol–water partition coefficient (Wildman–Crippen LogP) is 3.32. The van der Waals surface area contributed by atoms with E-state index >= 15 is 0 Å². The molecule has 0 unspecified atom stereocenters. The van der Waals surface area contributed by atoms with Crippen LogP contribution < -0.4 is 0 Å². The molecule has 3 aromatic rings. The van der Waals surface area contributed by atoms with Crippen molar-refractivity contribution in [3.63, 3.8) is 0 Å². The molecule has 92 valence electrons. The Hall–Kier alpha value is -2.10. The molecule has 4 heteroatoms. The second-order valence-electron chi connectivity index (χ2n) is 4.86. The van der Waals surface area contributed by atoms with Crippen LogP contribution >= 0.6 is 0 Å². The second kappa shape index (κ2) is 3.98. The van der Waals surface area contributed by atoms with Crippen molar-refractivity contribution in [3.05, 3.63) is 36.4 Å². The second-order valence-corrected chi connectivity index (χ2v) is 4.86. The third-order valence-electron chi connectivity index (χ3n) is 3.17. The maximum atomic E-state index is 4.37. The van der Waals surface area contributed by atoms with Gasteiger partial charge in [0.15, 0.2) is 0 Å². The molecule has 0 radical (unpaired) electrons. The first kappa shape index (κ1) is 11.0. The van der Waals surface area contributed by atoms with Crippen molar-refractivity contribution in [1.29, 1.82) is 0 Å². The van der Waals surface area contributed by atoms with E-state index in [1.807, 2.05) is 25.5 Å². The van der Waals surface area contributed by atoms with E-state index in [1.165, 1.54) is 16.6 Å². The molecule has 1 N–H and O–H groups in total. The van der Waals surface area contributed by atoms with E-state index < -0.39 is 0 Å². The summed E-state index contributed by atoms with van der Waals surface area (Å²) < 4.78 is 2.33. The summed E-state index contributed by atoms with van der Waals surface area (Å²) in [6.07, 6.45) is 5.72. The Balaban J connectivity index is 2.35. The number of aryl methyl sites for hydroxylation is 1. The number of aromatic amines is 1. The summed E-state index contributed by atoms with van der Waals surface area (Å²) in [4.78, 5) is 4.37. The monoisotopic (exact) mass is 240 g/mol. The molecule has 0 aliphatic rings. The normalized spacial score (nSPS) is 11.6. The molecule has 0 spiro atoms. The minimum Gasteiger partial charge on any atom is -0.338 e. The highest BCUT2D eigenvalue weighted by Gasteiger charge is 2.14. The molecule has 0 aromatic carbocycles. The van der Waals surface area contributed by atoms with Gasteiger partial charge < -0.3 is 4.57 Å². The van der Waals surface area contributed by atoms with Crippen LogP contribution in [0.5, 0.6) is 0 Å². The smallest absolute Gasteiger partial charge is 0.0580 e. The lowest BCUT2D eigenvalue weighted by Crippen LogP contribution is -2.02. The molecule has 0 amide bonds. The van der Waals surface area contributed by atoms with E-state index in [9.17, 15) is 0 Å². The van der Waals surface area contributed by atoms with Crippen molar-refractivity contribution in [3.8, 4) is 11.3 Å². The van der Waals surface area contributed by atoms with E-state index in [0.717, 1.165) is 11.3 Å². The average Bonchev–Trinajstić information content (AvgIpc) is 2.94. The summed E-state index contributed by atoms with van der Waals surface area (Å²) in [5, 5.41) is 8.08. The van der Waals surface area contributed by atoms with Gasteiger partial charge in [-0.2, -0.15) is 5.10 Å². The van der Waals surface area contributed by atoms with Gasteiger partial charge in [-0.1, -0.05) is 0 Å². The molecule has 0 fully saturated rings. The molecule has 0 bridgehead atoms. The van der Waals surface area contributed by atoms with Crippen LogP contribution in [0.1, 0.15) is 25.6 Å². The molecule has 3 rings (SSSR count). The number of hydrogen-bond donors (Lipinski definition) is 1. The van der Waals surface area contributed by atoms with E-state index in [1.54, 1.807) is 0 Å². The Morgan fingerprint density at radius 1 is 1.22 bits per heavy atom. The lowest BCUT2D eigenvalue weighted by molar-refractivity contribution is 0.628. The fourth-order valence-electron chi connectivity index (χ4n) is 2.39. The first-order chi connectivity index (χ1) is 8.66. The molecule has 3 aromatic heterocycles. The molecule has 18 heavy (non-hydrogen) atoms. The van der Waals surface area contributed by atoms with E-state index in [4.69, 9.17) is 0 Å². The first-order valence-electron chi connectivity index (χ1n) is 6.13. The number of nitrogens with one attached hydrogen (secondary N) is 1. The van der Waals surface area contributed by atoms with E-state index in [-0.39, 0.29) is 0 Å². The van der Waals surface area contributed by atoms with Gasteiger partial charge >= 0.3 is 0 Å². The molecule has 3 heterocycles. The maximum Gasteiger partial charge on any atom is 0.0580 e. The van der Waals surface area contributed by atoms with Crippen LogP contribution in [0.15, 0.2) is 30.7 Å². The highest BCUT2D eigenvalue weighted by Crippen LogP contribution is 2.30. The van der Waals surface area contributed by atoms with Gasteiger partial charge in [-0.15, -0.1) is 0 Å². The highest BCUT2D eigenvalue weighted by molar-refractivity contribution is 5.86. The lowest BCUT2D eigenvalue weighted by atomic mass is 10.2. The zero-order chi connectivity index (χ0) is 12.7. The number of pyridine rings is 1. The number of H-pyrrole nitrogens is 1. The average molecular weight is 240 g/mol. The molecular weight excluding hydrogens is 224 g/mol. The number of hydrogen-bond acceptors (Lipinski definition) is 2.